The highest BCUT2D eigenvalue weighted by atomic mass is 19.4. The molecule has 0 atom stereocenters. The van der Waals surface area contributed by atoms with Crippen LogP contribution in [0.5, 0.6) is 5.75 Å². The molecule has 260 valence electrons. The van der Waals surface area contributed by atoms with Crippen molar-refractivity contribution < 1.29 is 41.4 Å². The first-order valence-electron chi connectivity index (χ1n) is 16.0. The number of fused-ring (bicyclic) bond motifs is 4. The third-order valence-corrected chi connectivity index (χ3v) is 9.53. The molecule has 1 amide bonds. The van der Waals surface area contributed by atoms with Crippen molar-refractivity contribution in [2.45, 2.75) is 32.4 Å². The molecule has 1 fully saturated rings. The molecule has 1 aliphatic carbocycles. The fraction of sp³-hybridized carbons (Fsp3) is 0.306. The number of rotatable bonds is 9. The SMILES string of the molecule is Cc1nc2c3c(c(C(F)(F)F)cc2n1C)-c1cccn2c(C(=O)c4cc(F)c(NC(=O)/C=C/CNCC5(CO)CC5)c(F)c4)cc(c12)CCO3. The monoisotopic (exact) mass is 693 g/mol. The Morgan fingerprint density at radius 2 is 1.88 bits per heavy atom. The molecule has 3 N–H and O–H groups in total. The van der Waals surface area contributed by atoms with Gasteiger partial charge in [0, 0.05) is 67.5 Å². The van der Waals surface area contributed by atoms with E-state index in [1.165, 1.54) is 34.9 Å². The highest BCUT2D eigenvalue weighted by molar-refractivity contribution is 6.10. The van der Waals surface area contributed by atoms with Crippen LogP contribution in [0.25, 0.3) is 27.7 Å². The van der Waals surface area contributed by atoms with Gasteiger partial charge in [0.25, 0.3) is 0 Å². The molecule has 0 saturated heterocycles. The van der Waals surface area contributed by atoms with E-state index in [0.717, 1.165) is 37.1 Å². The average molecular weight is 694 g/mol. The molecule has 1 saturated carbocycles. The maximum atomic E-state index is 15.2. The summed E-state index contributed by atoms with van der Waals surface area (Å²) < 4.78 is 83.4. The van der Waals surface area contributed by atoms with Crippen molar-refractivity contribution in [3.63, 3.8) is 0 Å². The zero-order valence-corrected chi connectivity index (χ0v) is 27.0. The molecule has 4 heterocycles. The predicted molar refractivity (Wildman–Crippen MR) is 175 cm³/mol. The fourth-order valence-electron chi connectivity index (χ4n) is 6.50. The highest BCUT2D eigenvalue weighted by Gasteiger charge is 2.41. The summed E-state index contributed by atoms with van der Waals surface area (Å²) in [5.41, 5.74) is -0.860. The second-order valence-electron chi connectivity index (χ2n) is 12.8. The summed E-state index contributed by atoms with van der Waals surface area (Å²) in [5, 5.41) is 14.6. The molecule has 2 aliphatic rings. The van der Waals surface area contributed by atoms with Crippen LogP contribution >= 0.6 is 0 Å². The lowest BCUT2D eigenvalue weighted by molar-refractivity contribution is -0.137. The number of amides is 1. The summed E-state index contributed by atoms with van der Waals surface area (Å²) in [6, 6.07) is 7.13. The zero-order chi connectivity index (χ0) is 35.5. The number of nitrogens with zero attached hydrogens (tertiary/aromatic N) is 3. The van der Waals surface area contributed by atoms with Crippen molar-refractivity contribution in [1.82, 2.24) is 19.3 Å². The number of ketones is 1. The van der Waals surface area contributed by atoms with Crippen LogP contribution in [-0.2, 0) is 24.4 Å². The maximum absolute atomic E-state index is 15.2. The van der Waals surface area contributed by atoms with Gasteiger partial charge < -0.3 is 29.4 Å². The lowest BCUT2D eigenvalue weighted by Gasteiger charge is -2.22. The number of alkyl halides is 3. The van der Waals surface area contributed by atoms with E-state index in [0.29, 0.717) is 30.0 Å². The van der Waals surface area contributed by atoms with E-state index < -0.39 is 40.8 Å². The third-order valence-electron chi connectivity index (χ3n) is 9.53. The number of pyridine rings is 1. The summed E-state index contributed by atoms with van der Waals surface area (Å²) in [5.74, 6) is -3.46. The van der Waals surface area contributed by atoms with Gasteiger partial charge in [0.15, 0.2) is 5.75 Å². The molecular weight excluding hydrogens is 661 g/mol. The first-order valence-corrected chi connectivity index (χ1v) is 16.0. The van der Waals surface area contributed by atoms with Gasteiger partial charge in [-0.3, -0.25) is 9.59 Å². The summed E-state index contributed by atoms with van der Waals surface area (Å²) >= 11 is 0. The van der Waals surface area contributed by atoms with Gasteiger partial charge in [-0.15, -0.1) is 0 Å². The number of aliphatic hydroxyl groups is 1. The second-order valence-corrected chi connectivity index (χ2v) is 12.8. The van der Waals surface area contributed by atoms with Gasteiger partial charge in [-0.2, -0.15) is 13.2 Å². The summed E-state index contributed by atoms with van der Waals surface area (Å²) in [6.45, 7) is 2.63. The molecule has 0 radical (unpaired) electrons. The molecule has 7 rings (SSSR count). The Kier molecular flexibility index (Phi) is 8.26. The number of nitrogens with one attached hydrogen (secondary N) is 2. The first kappa shape index (κ1) is 33.4. The van der Waals surface area contributed by atoms with Crippen LogP contribution in [0, 0.1) is 24.0 Å². The Hall–Kier alpha value is -5.08. The molecule has 0 unspecified atom stereocenters. The van der Waals surface area contributed by atoms with E-state index in [-0.39, 0.29) is 64.2 Å². The number of carbonyl (C=O) groups excluding carboxylic acids is 2. The number of hydrogen-bond donors (Lipinski definition) is 3. The van der Waals surface area contributed by atoms with Crippen molar-refractivity contribution in [1.29, 1.82) is 0 Å². The van der Waals surface area contributed by atoms with Gasteiger partial charge in [-0.05, 0) is 55.7 Å². The molecule has 0 spiro atoms. The van der Waals surface area contributed by atoms with E-state index in [9.17, 15) is 27.9 Å². The number of aliphatic hydroxyl groups excluding tert-OH is 1. The minimum Gasteiger partial charge on any atom is -0.490 e. The van der Waals surface area contributed by atoms with Gasteiger partial charge in [-0.25, -0.2) is 13.8 Å². The van der Waals surface area contributed by atoms with Crippen LogP contribution in [0.3, 0.4) is 0 Å². The van der Waals surface area contributed by atoms with Crippen molar-refractivity contribution in [2.24, 2.45) is 12.5 Å². The number of halogens is 5. The third kappa shape index (κ3) is 5.81. The zero-order valence-electron chi connectivity index (χ0n) is 27.0. The Bertz CT molecular complexity index is 2210. The Balaban J connectivity index is 1.21. The van der Waals surface area contributed by atoms with Gasteiger partial charge in [0.05, 0.1) is 28.9 Å². The maximum Gasteiger partial charge on any atom is 0.417 e. The molecule has 2 aromatic carbocycles. The number of carbonyl (C=O) groups is 2. The van der Waals surface area contributed by atoms with Crippen molar-refractivity contribution in [3.8, 4) is 16.9 Å². The number of ether oxygens (including phenoxy) is 1. The lowest BCUT2D eigenvalue weighted by atomic mass is 9.94. The van der Waals surface area contributed by atoms with Crippen LogP contribution in [0.4, 0.5) is 27.6 Å². The van der Waals surface area contributed by atoms with Crippen LogP contribution in [0.1, 0.15) is 45.8 Å². The largest absolute Gasteiger partial charge is 0.490 e. The standard InChI is InChI=1S/C36H32F5N5O4/c1-19-43-31-26(45(19)2)16-23(36(39,40)41)29-22-5-4-11-46-27(15-20(32(22)46)7-12-50-34(29)31)33(49)21-13-24(37)30(25(38)14-21)44-28(48)6-3-10-42-17-35(18-47)8-9-35/h3-6,11,13-16,42,47H,7-10,12,17-18H2,1-2H3,(H,44,48)/b6-3+. The van der Waals surface area contributed by atoms with Crippen LogP contribution in [0.2, 0.25) is 0 Å². The predicted octanol–water partition coefficient (Wildman–Crippen LogP) is 6.12. The minimum atomic E-state index is -4.77. The van der Waals surface area contributed by atoms with Crippen molar-refractivity contribution in [3.05, 3.63) is 94.6 Å². The Morgan fingerprint density at radius 3 is 2.56 bits per heavy atom. The van der Waals surface area contributed by atoms with E-state index >= 15 is 8.78 Å². The number of aromatic nitrogens is 3. The van der Waals surface area contributed by atoms with Crippen LogP contribution < -0.4 is 15.4 Å². The number of benzene rings is 2. The summed E-state index contributed by atoms with van der Waals surface area (Å²) in [7, 11) is 1.62. The van der Waals surface area contributed by atoms with Gasteiger partial charge in [0.2, 0.25) is 11.7 Å². The van der Waals surface area contributed by atoms with E-state index in [1.54, 1.807) is 18.5 Å². The molecule has 0 bridgehead atoms. The summed E-state index contributed by atoms with van der Waals surface area (Å²) in [4.78, 5) is 30.7. The quantitative estimate of drug-likeness (QED) is 0.0743. The molecule has 1 aliphatic heterocycles. The van der Waals surface area contributed by atoms with Gasteiger partial charge >= 0.3 is 6.18 Å². The fourth-order valence-corrected chi connectivity index (χ4v) is 6.50. The van der Waals surface area contributed by atoms with Crippen LogP contribution in [-0.4, -0.2) is 57.1 Å². The lowest BCUT2D eigenvalue weighted by Crippen LogP contribution is -2.26. The Morgan fingerprint density at radius 1 is 1.14 bits per heavy atom. The van der Waals surface area contributed by atoms with E-state index in [2.05, 4.69) is 15.6 Å². The van der Waals surface area contributed by atoms with Crippen molar-refractivity contribution in [2.75, 3.05) is 31.6 Å². The molecular formula is C36H32F5N5O4. The summed E-state index contributed by atoms with van der Waals surface area (Å²) in [6.07, 6.45) is 1.40. The average Bonchev–Trinajstić information content (AvgIpc) is 3.67. The molecule has 5 aromatic rings. The number of aryl methyl sites for hydroxylation is 2. The normalized spacial score (nSPS) is 15.2. The van der Waals surface area contributed by atoms with Crippen molar-refractivity contribution >= 4 is 33.9 Å². The number of imidazole rings is 1. The second kappa shape index (κ2) is 12.4. The first-order chi connectivity index (χ1) is 23.8. The number of anilines is 1. The van der Waals surface area contributed by atoms with E-state index in [1.807, 2.05) is 0 Å². The molecule has 3 aromatic heterocycles. The molecule has 9 nitrogen and oxygen atoms in total. The van der Waals surface area contributed by atoms with Crippen LogP contribution in [0.15, 0.2) is 54.7 Å². The highest BCUT2D eigenvalue weighted by Crippen LogP contribution is 2.49. The molecule has 14 heteroatoms. The number of hydrogen-bond acceptors (Lipinski definition) is 6. The van der Waals surface area contributed by atoms with E-state index in [4.69, 9.17) is 4.74 Å². The molecule has 50 heavy (non-hydrogen) atoms. The minimum absolute atomic E-state index is 0.0208. The Labute approximate surface area is 282 Å². The smallest absolute Gasteiger partial charge is 0.417 e. The van der Waals surface area contributed by atoms with Gasteiger partial charge in [0.1, 0.15) is 28.7 Å². The topological polar surface area (TPSA) is 110 Å². The van der Waals surface area contributed by atoms with Gasteiger partial charge in [-0.1, -0.05) is 12.1 Å².